The maximum Gasteiger partial charge on any atom is 0.416 e. The molecule has 2 aromatic rings. The van der Waals surface area contributed by atoms with Gasteiger partial charge < -0.3 is 15.0 Å². The van der Waals surface area contributed by atoms with Crippen LogP contribution in [0.3, 0.4) is 0 Å². The number of nitrogens with zero attached hydrogens (tertiary/aromatic N) is 3. The first-order valence-corrected chi connectivity index (χ1v) is 8.83. The molecule has 8 heteroatoms. The van der Waals surface area contributed by atoms with Gasteiger partial charge in [-0.2, -0.15) is 13.2 Å². The lowest BCUT2D eigenvalue weighted by molar-refractivity contribution is -0.137. The highest BCUT2D eigenvalue weighted by Crippen LogP contribution is 2.36. The van der Waals surface area contributed by atoms with E-state index in [9.17, 15) is 13.2 Å². The van der Waals surface area contributed by atoms with Gasteiger partial charge >= 0.3 is 6.18 Å². The molecule has 1 N–H and O–H groups in total. The number of rotatable bonds is 4. The standard InChI is InChI=1S/C19H23F3N4O/c1-12-9-16(15-7-6-13(19(20,21)22)10-17(15)27-3)24-25-18(12)23-14-5-4-8-26(2)11-14/h6-7,9-10,14H,4-5,8,11H2,1-3H3,(H,23,25)/t14-/m1/s1. The van der Waals surface area contributed by atoms with Crippen LogP contribution in [0.15, 0.2) is 24.3 Å². The molecule has 0 spiro atoms. The van der Waals surface area contributed by atoms with Crippen molar-refractivity contribution in [3.05, 3.63) is 35.4 Å². The van der Waals surface area contributed by atoms with Crippen LogP contribution in [0.4, 0.5) is 19.0 Å². The van der Waals surface area contributed by atoms with Gasteiger partial charge in [0.05, 0.1) is 18.4 Å². The monoisotopic (exact) mass is 380 g/mol. The maximum atomic E-state index is 12.9. The molecule has 1 aromatic carbocycles. The van der Waals surface area contributed by atoms with Gasteiger partial charge in [-0.15, -0.1) is 10.2 Å². The van der Waals surface area contributed by atoms with E-state index in [0.717, 1.165) is 43.6 Å². The van der Waals surface area contributed by atoms with Crippen molar-refractivity contribution < 1.29 is 17.9 Å². The van der Waals surface area contributed by atoms with Gasteiger partial charge in [-0.05, 0) is 63.2 Å². The lowest BCUT2D eigenvalue weighted by Crippen LogP contribution is -2.40. The fourth-order valence-electron chi connectivity index (χ4n) is 3.32. The van der Waals surface area contributed by atoms with Crippen LogP contribution in [0.2, 0.25) is 0 Å². The van der Waals surface area contributed by atoms with Crippen LogP contribution >= 0.6 is 0 Å². The molecule has 0 aliphatic carbocycles. The zero-order valence-electron chi connectivity index (χ0n) is 15.6. The zero-order chi connectivity index (χ0) is 19.6. The number of likely N-dealkylation sites (N-methyl/N-ethyl adjacent to an activating group) is 1. The molecule has 0 bridgehead atoms. The van der Waals surface area contributed by atoms with Gasteiger partial charge in [-0.25, -0.2) is 0 Å². The van der Waals surface area contributed by atoms with Gasteiger partial charge in [-0.1, -0.05) is 0 Å². The van der Waals surface area contributed by atoms with Crippen LogP contribution in [0.5, 0.6) is 5.75 Å². The van der Waals surface area contributed by atoms with Gasteiger partial charge in [-0.3, -0.25) is 0 Å². The summed E-state index contributed by atoms with van der Waals surface area (Å²) in [5.74, 6) is 0.818. The Labute approximate surface area is 156 Å². The third-order valence-electron chi connectivity index (χ3n) is 4.75. The number of hydrogen-bond acceptors (Lipinski definition) is 5. The van der Waals surface area contributed by atoms with E-state index in [-0.39, 0.29) is 5.75 Å². The minimum Gasteiger partial charge on any atom is -0.496 e. The van der Waals surface area contributed by atoms with Gasteiger partial charge in [0.15, 0.2) is 5.82 Å². The van der Waals surface area contributed by atoms with Crippen molar-refractivity contribution in [2.45, 2.75) is 32.0 Å². The van der Waals surface area contributed by atoms with Crippen LogP contribution in [-0.2, 0) is 6.18 Å². The average Bonchev–Trinajstić information content (AvgIpc) is 2.62. The number of benzene rings is 1. The smallest absolute Gasteiger partial charge is 0.416 e. The molecule has 5 nitrogen and oxygen atoms in total. The van der Waals surface area contributed by atoms with Crippen molar-refractivity contribution in [1.82, 2.24) is 15.1 Å². The number of ether oxygens (including phenoxy) is 1. The number of nitrogens with one attached hydrogen (secondary N) is 1. The largest absolute Gasteiger partial charge is 0.496 e. The van der Waals surface area contributed by atoms with Gasteiger partial charge in [0.25, 0.3) is 0 Å². The van der Waals surface area contributed by atoms with Crippen LogP contribution < -0.4 is 10.1 Å². The second-order valence-electron chi connectivity index (χ2n) is 6.92. The number of piperidine rings is 1. The van der Waals surface area contributed by atoms with Crippen molar-refractivity contribution in [2.75, 3.05) is 32.6 Å². The Balaban J connectivity index is 1.85. The normalized spacial score (nSPS) is 18.4. The highest BCUT2D eigenvalue weighted by molar-refractivity contribution is 5.69. The molecule has 1 aliphatic rings. The Morgan fingerprint density at radius 3 is 2.63 bits per heavy atom. The number of halogens is 3. The molecule has 3 rings (SSSR count). The van der Waals surface area contributed by atoms with E-state index >= 15 is 0 Å². The predicted molar refractivity (Wildman–Crippen MR) is 97.9 cm³/mol. The SMILES string of the molecule is COc1cc(C(F)(F)F)ccc1-c1cc(C)c(N[C@@H]2CCCN(C)C2)nn1. The number of alkyl halides is 3. The summed E-state index contributed by atoms with van der Waals surface area (Å²) < 4.78 is 43.9. The third kappa shape index (κ3) is 4.50. The lowest BCUT2D eigenvalue weighted by Gasteiger charge is -2.30. The molecule has 27 heavy (non-hydrogen) atoms. The quantitative estimate of drug-likeness (QED) is 0.869. The van der Waals surface area contributed by atoms with E-state index in [1.807, 2.05) is 13.0 Å². The van der Waals surface area contributed by atoms with E-state index < -0.39 is 11.7 Å². The molecular weight excluding hydrogens is 357 g/mol. The molecule has 146 valence electrons. The summed E-state index contributed by atoms with van der Waals surface area (Å²) >= 11 is 0. The highest BCUT2D eigenvalue weighted by Gasteiger charge is 2.31. The Hall–Kier alpha value is -2.35. The minimum absolute atomic E-state index is 0.119. The number of anilines is 1. The van der Waals surface area contributed by atoms with Crippen molar-refractivity contribution in [2.24, 2.45) is 0 Å². The summed E-state index contributed by atoms with van der Waals surface area (Å²) in [7, 11) is 3.43. The first-order valence-electron chi connectivity index (χ1n) is 8.83. The summed E-state index contributed by atoms with van der Waals surface area (Å²) in [5, 5.41) is 11.9. The summed E-state index contributed by atoms with van der Waals surface area (Å²) in [6, 6.07) is 5.50. The molecule has 1 atom stereocenters. The van der Waals surface area contributed by atoms with Crippen LogP contribution in [-0.4, -0.2) is 48.4 Å². The topological polar surface area (TPSA) is 50.3 Å². The molecule has 1 fully saturated rings. The van der Waals surface area contributed by atoms with Crippen LogP contribution in [0.25, 0.3) is 11.3 Å². The van der Waals surface area contributed by atoms with E-state index in [2.05, 4.69) is 27.5 Å². The summed E-state index contributed by atoms with van der Waals surface area (Å²) in [6.45, 7) is 3.94. The molecule has 0 unspecified atom stereocenters. The van der Waals surface area contributed by atoms with E-state index in [1.165, 1.54) is 13.2 Å². The number of likely N-dealkylation sites (tertiary alicyclic amines) is 1. The predicted octanol–water partition coefficient (Wildman–Crippen LogP) is 3.99. The Morgan fingerprint density at radius 2 is 2.00 bits per heavy atom. The van der Waals surface area contributed by atoms with Crippen LogP contribution in [0, 0.1) is 6.92 Å². The lowest BCUT2D eigenvalue weighted by atomic mass is 10.0. The molecule has 2 heterocycles. The second-order valence-corrected chi connectivity index (χ2v) is 6.92. The fraction of sp³-hybridized carbons (Fsp3) is 0.474. The van der Waals surface area contributed by atoms with E-state index in [1.54, 1.807) is 0 Å². The van der Waals surface area contributed by atoms with Crippen LogP contribution in [0.1, 0.15) is 24.0 Å². The summed E-state index contributed by atoms with van der Waals surface area (Å²) in [6.07, 6.45) is -2.23. The molecule has 1 aliphatic heterocycles. The molecular formula is C19H23F3N4O. The van der Waals surface area contributed by atoms with Crippen molar-refractivity contribution in [3.63, 3.8) is 0 Å². The number of aromatic nitrogens is 2. The van der Waals surface area contributed by atoms with Gasteiger partial charge in [0.1, 0.15) is 5.75 Å². The second kappa shape index (κ2) is 7.72. The van der Waals surface area contributed by atoms with Gasteiger partial charge in [0, 0.05) is 18.2 Å². The summed E-state index contributed by atoms with van der Waals surface area (Å²) in [4.78, 5) is 2.27. The molecule has 0 amide bonds. The Morgan fingerprint density at radius 1 is 1.22 bits per heavy atom. The number of hydrogen-bond donors (Lipinski definition) is 1. The van der Waals surface area contributed by atoms with Crippen molar-refractivity contribution >= 4 is 5.82 Å². The average molecular weight is 380 g/mol. The molecule has 0 radical (unpaired) electrons. The Bertz CT molecular complexity index is 810. The first-order chi connectivity index (χ1) is 12.8. The number of aryl methyl sites for hydroxylation is 1. The summed E-state index contributed by atoms with van der Waals surface area (Å²) in [5.41, 5.74) is 1.08. The van der Waals surface area contributed by atoms with Crippen molar-refractivity contribution in [1.29, 1.82) is 0 Å². The van der Waals surface area contributed by atoms with Gasteiger partial charge in [0.2, 0.25) is 0 Å². The highest BCUT2D eigenvalue weighted by atomic mass is 19.4. The van der Waals surface area contributed by atoms with E-state index in [0.29, 0.717) is 23.1 Å². The molecule has 1 aromatic heterocycles. The number of methoxy groups -OCH3 is 1. The third-order valence-corrected chi connectivity index (χ3v) is 4.75. The molecule has 1 saturated heterocycles. The minimum atomic E-state index is -4.42. The van der Waals surface area contributed by atoms with Crippen molar-refractivity contribution in [3.8, 4) is 17.0 Å². The zero-order valence-corrected chi connectivity index (χ0v) is 15.6. The first kappa shape index (κ1) is 19.4. The fourth-order valence-corrected chi connectivity index (χ4v) is 3.32. The Kier molecular flexibility index (Phi) is 5.55. The molecule has 0 saturated carbocycles. The van der Waals surface area contributed by atoms with E-state index in [4.69, 9.17) is 4.74 Å². The maximum absolute atomic E-state index is 12.9.